The number of hydrogen-bond donors (Lipinski definition) is 1. The quantitative estimate of drug-likeness (QED) is 0.762. The summed E-state index contributed by atoms with van der Waals surface area (Å²) in [6, 6.07) is 9.60. The molecule has 0 aliphatic carbocycles. The number of aliphatic hydroxyl groups excluding tert-OH is 1. The van der Waals surface area contributed by atoms with Crippen molar-refractivity contribution in [1.29, 1.82) is 0 Å². The highest BCUT2D eigenvalue weighted by Gasteiger charge is 2.33. The summed E-state index contributed by atoms with van der Waals surface area (Å²) in [4.78, 5) is 11.3. The standard InChI is InChI=1S/C11H12O3/c12-7-11-9(13)6-10(14-11)8-4-2-1-3-5-8/h1-5,10-12H,6-7H2/t10-,11-/m1/s1. The van der Waals surface area contributed by atoms with Crippen LogP contribution in [-0.4, -0.2) is 23.6 Å². The second-order valence-corrected chi connectivity index (χ2v) is 3.38. The molecule has 0 radical (unpaired) electrons. The molecule has 2 atom stereocenters. The highest BCUT2D eigenvalue weighted by molar-refractivity contribution is 5.85. The molecule has 1 heterocycles. The maximum atomic E-state index is 11.3. The van der Waals surface area contributed by atoms with Crippen LogP contribution in [0.15, 0.2) is 30.3 Å². The van der Waals surface area contributed by atoms with Gasteiger partial charge in [0.25, 0.3) is 0 Å². The molecule has 3 nitrogen and oxygen atoms in total. The largest absolute Gasteiger partial charge is 0.393 e. The molecular formula is C11H12O3. The van der Waals surface area contributed by atoms with Crippen LogP contribution in [0.2, 0.25) is 0 Å². The molecule has 1 saturated heterocycles. The van der Waals surface area contributed by atoms with Gasteiger partial charge in [-0.2, -0.15) is 0 Å². The van der Waals surface area contributed by atoms with E-state index in [2.05, 4.69) is 0 Å². The number of benzene rings is 1. The van der Waals surface area contributed by atoms with Crippen LogP contribution in [-0.2, 0) is 9.53 Å². The summed E-state index contributed by atoms with van der Waals surface area (Å²) < 4.78 is 5.41. The molecule has 2 rings (SSSR count). The summed E-state index contributed by atoms with van der Waals surface area (Å²) in [6.45, 7) is -0.220. The molecule has 1 aromatic rings. The monoisotopic (exact) mass is 192 g/mol. The van der Waals surface area contributed by atoms with Gasteiger partial charge in [0.15, 0.2) is 5.78 Å². The molecule has 0 saturated carbocycles. The van der Waals surface area contributed by atoms with Crippen LogP contribution in [0.5, 0.6) is 0 Å². The Labute approximate surface area is 82.3 Å². The average molecular weight is 192 g/mol. The van der Waals surface area contributed by atoms with E-state index in [1.165, 1.54) is 0 Å². The summed E-state index contributed by atoms with van der Waals surface area (Å²) in [5.74, 6) is -0.0126. The zero-order valence-electron chi connectivity index (χ0n) is 7.72. The van der Waals surface area contributed by atoms with E-state index in [1.807, 2.05) is 30.3 Å². The van der Waals surface area contributed by atoms with E-state index in [-0.39, 0.29) is 18.5 Å². The number of ether oxygens (including phenoxy) is 1. The predicted octanol–water partition coefficient (Wildman–Crippen LogP) is 1.08. The number of aliphatic hydroxyl groups is 1. The summed E-state index contributed by atoms with van der Waals surface area (Å²) in [5.41, 5.74) is 0.997. The number of hydrogen-bond acceptors (Lipinski definition) is 3. The molecule has 1 aliphatic heterocycles. The third-order valence-electron chi connectivity index (χ3n) is 2.41. The van der Waals surface area contributed by atoms with Gasteiger partial charge in [0.2, 0.25) is 0 Å². The molecule has 0 aromatic heterocycles. The number of carbonyl (C=O) groups excluding carboxylic acids is 1. The first kappa shape index (κ1) is 9.37. The first-order valence-electron chi connectivity index (χ1n) is 4.65. The Bertz CT molecular complexity index is 321. The van der Waals surface area contributed by atoms with Crippen molar-refractivity contribution in [2.24, 2.45) is 0 Å². The highest BCUT2D eigenvalue weighted by atomic mass is 16.5. The van der Waals surface area contributed by atoms with Crippen LogP contribution in [0.4, 0.5) is 0 Å². The van der Waals surface area contributed by atoms with Gasteiger partial charge in [0, 0.05) is 6.42 Å². The number of carbonyl (C=O) groups is 1. The Balaban J connectivity index is 2.13. The Morgan fingerprint density at radius 1 is 1.36 bits per heavy atom. The van der Waals surface area contributed by atoms with Crippen molar-refractivity contribution in [1.82, 2.24) is 0 Å². The van der Waals surface area contributed by atoms with Crippen LogP contribution in [0.1, 0.15) is 18.1 Å². The lowest BCUT2D eigenvalue weighted by atomic mass is 10.1. The van der Waals surface area contributed by atoms with Crippen LogP contribution < -0.4 is 0 Å². The summed E-state index contributed by atoms with van der Waals surface area (Å²) in [6.07, 6.45) is -0.434. The zero-order chi connectivity index (χ0) is 9.97. The third kappa shape index (κ3) is 1.69. The Morgan fingerprint density at radius 3 is 2.64 bits per heavy atom. The van der Waals surface area contributed by atoms with Crippen LogP contribution in [0.3, 0.4) is 0 Å². The second kappa shape index (κ2) is 3.90. The summed E-state index contributed by atoms with van der Waals surface area (Å²) >= 11 is 0. The van der Waals surface area contributed by atoms with Gasteiger partial charge in [0.1, 0.15) is 6.10 Å². The normalized spacial score (nSPS) is 26.8. The fourth-order valence-electron chi connectivity index (χ4n) is 1.65. The van der Waals surface area contributed by atoms with Crippen molar-refractivity contribution >= 4 is 5.78 Å². The van der Waals surface area contributed by atoms with E-state index in [1.54, 1.807) is 0 Å². The van der Waals surface area contributed by atoms with Gasteiger partial charge in [-0.3, -0.25) is 4.79 Å². The minimum absolute atomic E-state index is 0.0126. The van der Waals surface area contributed by atoms with Crippen LogP contribution in [0, 0.1) is 0 Å². The van der Waals surface area contributed by atoms with Gasteiger partial charge in [0.05, 0.1) is 12.7 Å². The van der Waals surface area contributed by atoms with E-state index < -0.39 is 6.10 Å². The maximum absolute atomic E-state index is 11.3. The Hall–Kier alpha value is -1.19. The van der Waals surface area contributed by atoms with E-state index >= 15 is 0 Å². The molecular weight excluding hydrogens is 180 g/mol. The lowest BCUT2D eigenvalue weighted by Crippen LogP contribution is -2.19. The first-order valence-corrected chi connectivity index (χ1v) is 4.65. The minimum Gasteiger partial charge on any atom is -0.393 e. The van der Waals surface area contributed by atoms with E-state index in [4.69, 9.17) is 9.84 Å². The van der Waals surface area contributed by atoms with Crippen molar-refractivity contribution in [3.8, 4) is 0 Å². The lowest BCUT2D eigenvalue weighted by molar-refractivity contribution is -0.124. The number of ketones is 1. The van der Waals surface area contributed by atoms with Crippen LogP contribution in [0.25, 0.3) is 0 Å². The van der Waals surface area contributed by atoms with Crippen molar-refractivity contribution < 1.29 is 14.6 Å². The number of Topliss-reactive ketones (excluding diaryl/α,β-unsaturated/α-hetero) is 1. The molecule has 3 heteroatoms. The molecule has 1 aromatic carbocycles. The van der Waals surface area contributed by atoms with Gasteiger partial charge in [-0.1, -0.05) is 30.3 Å². The summed E-state index contributed by atoms with van der Waals surface area (Å²) in [5, 5.41) is 8.86. The topological polar surface area (TPSA) is 46.5 Å². The molecule has 0 unspecified atom stereocenters. The molecule has 74 valence electrons. The Morgan fingerprint density at radius 2 is 2.07 bits per heavy atom. The lowest BCUT2D eigenvalue weighted by Gasteiger charge is -2.10. The fourth-order valence-corrected chi connectivity index (χ4v) is 1.65. The van der Waals surface area contributed by atoms with Crippen molar-refractivity contribution in [3.63, 3.8) is 0 Å². The minimum atomic E-state index is -0.625. The maximum Gasteiger partial charge on any atom is 0.166 e. The Kier molecular flexibility index (Phi) is 2.61. The van der Waals surface area contributed by atoms with Gasteiger partial charge < -0.3 is 9.84 Å². The molecule has 1 aliphatic rings. The van der Waals surface area contributed by atoms with Crippen molar-refractivity contribution in [2.75, 3.05) is 6.61 Å². The fraction of sp³-hybridized carbons (Fsp3) is 0.364. The third-order valence-corrected chi connectivity index (χ3v) is 2.41. The first-order chi connectivity index (χ1) is 6.81. The molecule has 14 heavy (non-hydrogen) atoms. The molecule has 0 spiro atoms. The second-order valence-electron chi connectivity index (χ2n) is 3.38. The van der Waals surface area contributed by atoms with Gasteiger partial charge >= 0.3 is 0 Å². The molecule has 0 amide bonds. The summed E-state index contributed by atoms with van der Waals surface area (Å²) in [7, 11) is 0. The SMILES string of the molecule is O=C1C[C@H](c2ccccc2)O[C@@H]1CO. The smallest absolute Gasteiger partial charge is 0.166 e. The highest BCUT2D eigenvalue weighted by Crippen LogP contribution is 2.29. The van der Waals surface area contributed by atoms with E-state index in [0.29, 0.717) is 6.42 Å². The average Bonchev–Trinajstić information content (AvgIpc) is 2.61. The van der Waals surface area contributed by atoms with Gasteiger partial charge in [-0.25, -0.2) is 0 Å². The van der Waals surface area contributed by atoms with Crippen LogP contribution >= 0.6 is 0 Å². The predicted molar refractivity (Wildman–Crippen MR) is 50.8 cm³/mol. The van der Waals surface area contributed by atoms with Gasteiger partial charge in [-0.15, -0.1) is 0 Å². The van der Waals surface area contributed by atoms with Crippen molar-refractivity contribution in [2.45, 2.75) is 18.6 Å². The van der Waals surface area contributed by atoms with E-state index in [9.17, 15) is 4.79 Å². The van der Waals surface area contributed by atoms with Crippen molar-refractivity contribution in [3.05, 3.63) is 35.9 Å². The molecule has 1 fully saturated rings. The molecule has 1 N–H and O–H groups in total. The molecule has 0 bridgehead atoms. The van der Waals surface area contributed by atoms with E-state index in [0.717, 1.165) is 5.56 Å². The van der Waals surface area contributed by atoms with Gasteiger partial charge in [-0.05, 0) is 5.56 Å². The zero-order valence-corrected chi connectivity index (χ0v) is 7.72. The number of rotatable bonds is 2.